The minimum atomic E-state index is -1.14. The second kappa shape index (κ2) is 7.78. The van der Waals surface area contributed by atoms with E-state index in [-0.39, 0.29) is 5.02 Å². The van der Waals surface area contributed by atoms with Crippen molar-refractivity contribution in [2.45, 2.75) is 45.4 Å². The highest BCUT2D eigenvalue weighted by atomic mass is 35.5. The van der Waals surface area contributed by atoms with Gasteiger partial charge in [0, 0.05) is 26.6 Å². The Bertz CT molecular complexity index is 700. The molecule has 2 rings (SSSR count). The fourth-order valence-corrected chi connectivity index (χ4v) is 3.18. The number of aliphatic hydroxyl groups excluding tert-OH is 1. The molecule has 0 bridgehead atoms. The number of nitrogens with zero attached hydrogens (tertiary/aromatic N) is 2. The zero-order valence-electron chi connectivity index (χ0n) is 14.5. The van der Waals surface area contributed by atoms with E-state index in [2.05, 4.69) is 24.6 Å². The van der Waals surface area contributed by atoms with Crippen LogP contribution >= 0.6 is 11.6 Å². The lowest BCUT2D eigenvalue weighted by atomic mass is 10.1. The molecule has 0 radical (unpaired) electrons. The number of hydrogen-bond acceptors (Lipinski definition) is 3. The van der Waals surface area contributed by atoms with E-state index >= 15 is 0 Å². The second-order valence-corrected chi connectivity index (χ2v) is 13.1. The van der Waals surface area contributed by atoms with Crippen molar-refractivity contribution in [2.24, 2.45) is 0 Å². The predicted molar refractivity (Wildman–Crippen MR) is 96.5 cm³/mol. The number of imidazole rings is 1. The topological polar surface area (TPSA) is 47.3 Å². The normalized spacial score (nSPS) is 13.3. The molecule has 1 atom stereocenters. The van der Waals surface area contributed by atoms with Crippen molar-refractivity contribution in [1.82, 2.24) is 9.55 Å². The van der Waals surface area contributed by atoms with Gasteiger partial charge in [0.25, 0.3) is 0 Å². The van der Waals surface area contributed by atoms with Gasteiger partial charge in [-0.05, 0) is 30.7 Å². The van der Waals surface area contributed by atoms with Crippen molar-refractivity contribution in [3.63, 3.8) is 0 Å². The summed E-state index contributed by atoms with van der Waals surface area (Å²) in [4.78, 5) is 4.28. The van der Waals surface area contributed by atoms with E-state index in [0.717, 1.165) is 11.7 Å². The molecule has 1 heterocycles. The van der Waals surface area contributed by atoms with Gasteiger partial charge in [-0.25, -0.2) is 9.37 Å². The first-order valence-corrected chi connectivity index (χ1v) is 12.0. The Morgan fingerprint density at radius 2 is 2.08 bits per heavy atom. The third kappa shape index (κ3) is 4.89. The fraction of sp³-hybridized carbons (Fsp3) is 0.471. The van der Waals surface area contributed by atoms with Crippen LogP contribution in [-0.2, 0) is 11.5 Å². The Kier molecular flexibility index (Phi) is 6.20. The average Bonchev–Trinajstić information content (AvgIpc) is 2.86. The lowest BCUT2D eigenvalue weighted by Gasteiger charge is -2.18. The van der Waals surface area contributed by atoms with E-state index in [4.69, 9.17) is 16.3 Å². The molecule has 0 saturated heterocycles. The van der Waals surface area contributed by atoms with Gasteiger partial charge < -0.3 is 14.4 Å². The number of ether oxygens (including phenoxy) is 1. The summed E-state index contributed by atoms with van der Waals surface area (Å²) in [6, 6.07) is 5.24. The monoisotopic (exact) mass is 370 g/mol. The lowest BCUT2D eigenvalue weighted by Crippen LogP contribution is -2.22. The Morgan fingerprint density at radius 1 is 1.38 bits per heavy atom. The Balaban J connectivity index is 2.12. The molecular formula is C17H24ClFN2O2Si. The molecular weight excluding hydrogens is 347 g/mol. The van der Waals surface area contributed by atoms with Crippen LogP contribution in [0.3, 0.4) is 0 Å². The van der Waals surface area contributed by atoms with Gasteiger partial charge in [0.05, 0.1) is 5.02 Å². The van der Waals surface area contributed by atoms with Crippen LogP contribution in [0.4, 0.5) is 4.39 Å². The minimum absolute atomic E-state index is 0.0206. The number of rotatable bonds is 7. The van der Waals surface area contributed by atoms with Gasteiger partial charge in [-0.1, -0.05) is 37.3 Å². The quantitative estimate of drug-likeness (QED) is 0.581. The summed E-state index contributed by atoms with van der Waals surface area (Å²) in [5, 5.41) is 10.6. The molecule has 1 aromatic heterocycles. The number of aromatic nitrogens is 2. The molecule has 0 amide bonds. The summed E-state index contributed by atoms with van der Waals surface area (Å²) < 4.78 is 20.9. The Hall–Kier alpha value is -1.21. The van der Waals surface area contributed by atoms with Crippen LogP contribution in [0.2, 0.25) is 30.7 Å². The number of hydrogen-bond donors (Lipinski definition) is 1. The molecule has 2 aromatic rings. The molecule has 1 unspecified atom stereocenters. The highest BCUT2D eigenvalue weighted by Crippen LogP contribution is 2.26. The van der Waals surface area contributed by atoms with Crippen molar-refractivity contribution in [3.8, 4) is 0 Å². The second-order valence-electron chi connectivity index (χ2n) is 7.11. The minimum Gasteiger partial charge on any atom is -0.380 e. The number of aliphatic hydroxyl groups is 1. The zero-order chi connectivity index (χ0) is 17.9. The third-order valence-electron chi connectivity index (χ3n) is 3.81. The van der Waals surface area contributed by atoms with E-state index in [1.807, 2.05) is 11.5 Å². The maximum Gasteiger partial charge on any atom is 0.144 e. The van der Waals surface area contributed by atoms with Gasteiger partial charge in [0.1, 0.15) is 24.5 Å². The first kappa shape index (κ1) is 19.1. The van der Waals surface area contributed by atoms with Crippen LogP contribution in [0.5, 0.6) is 0 Å². The van der Waals surface area contributed by atoms with Crippen LogP contribution in [0.15, 0.2) is 24.4 Å². The Labute approximate surface area is 148 Å². The number of benzene rings is 1. The first-order valence-electron chi connectivity index (χ1n) is 7.92. The molecule has 0 saturated carbocycles. The molecule has 7 heteroatoms. The fourth-order valence-electron chi connectivity index (χ4n) is 2.23. The van der Waals surface area contributed by atoms with E-state index in [1.165, 1.54) is 18.2 Å². The molecule has 24 heavy (non-hydrogen) atoms. The predicted octanol–water partition coefficient (Wildman–Crippen LogP) is 4.38. The van der Waals surface area contributed by atoms with Gasteiger partial charge in [-0.15, -0.1) is 0 Å². The Morgan fingerprint density at radius 3 is 2.71 bits per heavy atom. The molecule has 0 aliphatic carbocycles. The zero-order valence-corrected chi connectivity index (χ0v) is 16.3. The molecule has 0 spiro atoms. The van der Waals surface area contributed by atoms with Crippen LogP contribution in [0, 0.1) is 12.7 Å². The summed E-state index contributed by atoms with van der Waals surface area (Å²) in [6.45, 7) is 9.82. The molecule has 0 fully saturated rings. The third-order valence-corrected chi connectivity index (χ3v) is 5.80. The van der Waals surface area contributed by atoms with Gasteiger partial charge in [0.15, 0.2) is 0 Å². The van der Waals surface area contributed by atoms with Crippen LogP contribution < -0.4 is 0 Å². The molecule has 0 aliphatic heterocycles. The lowest BCUT2D eigenvalue weighted by molar-refractivity contribution is 0.0773. The smallest absolute Gasteiger partial charge is 0.144 e. The molecule has 4 nitrogen and oxygen atoms in total. The molecule has 0 aliphatic rings. The van der Waals surface area contributed by atoms with Crippen LogP contribution in [0.25, 0.3) is 0 Å². The standard InChI is InChI=1S/C17H24ClFN2O2Si/c1-12-10-20-17(21(12)11-23-7-8-24(2,3)4)16(22)13-5-6-15(19)14(18)9-13/h5-6,9-10,16,22H,7-8,11H2,1-4H3. The van der Waals surface area contributed by atoms with Gasteiger partial charge in [-0.2, -0.15) is 0 Å². The van der Waals surface area contributed by atoms with E-state index < -0.39 is 20.0 Å². The summed E-state index contributed by atoms with van der Waals surface area (Å²) in [5.74, 6) is -0.0509. The van der Waals surface area contributed by atoms with Crippen molar-refractivity contribution in [1.29, 1.82) is 0 Å². The van der Waals surface area contributed by atoms with Crippen LogP contribution in [0.1, 0.15) is 23.2 Å². The summed E-state index contributed by atoms with van der Waals surface area (Å²) in [6.07, 6.45) is 0.698. The van der Waals surface area contributed by atoms with E-state index in [0.29, 0.717) is 24.7 Å². The average molecular weight is 371 g/mol. The van der Waals surface area contributed by atoms with E-state index in [1.54, 1.807) is 6.20 Å². The van der Waals surface area contributed by atoms with E-state index in [9.17, 15) is 9.50 Å². The molecule has 1 N–H and O–H groups in total. The number of halogens is 2. The van der Waals surface area contributed by atoms with Crippen molar-refractivity contribution < 1.29 is 14.2 Å². The maximum atomic E-state index is 13.3. The summed E-state index contributed by atoms with van der Waals surface area (Å²) in [7, 11) is -1.14. The maximum absolute atomic E-state index is 13.3. The van der Waals surface area contributed by atoms with Gasteiger partial charge in [-0.3, -0.25) is 0 Å². The van der Waals surface area contributed by atoms with Crippen molar-refractivity contribution in [3.05, 3.63) is 52.3 Å². The van der Waals surface area contributed by atoms with Gasteiger partial charge in [0.2, 0.25) is 0 Å². The molecule has 132 valence electrons. The van der Waals surface area contributed by atoms with Crippen molar-refractivity contribution >= 4 is 19.7 Å². The SMILES string of the molecule is Cc1cnc(C(O)c2ccc(F)c(Cl)c2)n1COCC[Si](C)(C)C. The van der Waals surface area contributed by atoms with Crippen molar-refractivity contribution in [2.75, 3.05) is 6.61 Å². The highest BCUT2D eigenvalue weighted by Gasteiger charge is 2.19. The summed E-state index contributed by atoms with van der Waals surface area (Å²) in [5.41, 5.74) is 1.39. The first-order chi connectivity index (χ1) is 11.2. The van der Waals surface area contributed by atoms with Gasteiger partial charge >= 0.3 is 0 Å². The largest absolute Gasteiger partial charge is 0.380 e. The highest BCUT2D eigenvalue weighted by molar-refractivity contribution is 6.76. The summed E-state index contributed by atoms with van der Waals surface area (Å²) >= 11 is 5.80. The van der Waals surface area contributed by atoms with Crippen LogP contribution in [-0.4, -0.2) is 29.3 Å². The number of aryl methyl sites for hydroxylation is 1. The molecule has 1 aromatic carbocycles.